The van der Waals surface area contributed by atoms with Crippen LogP contribution in [-0.4, -0.2) is 23.2 Å². The average molecular weight is 1090 g/mol. The maximum atomic E-state index is 7.50. The minimum atomic E-state index is -0.194. The molecular weight excluding hydrogens is 973 g/mol. The van der Waals surface area contributed by atoms with E-state index >= 15 is 0 Å². The Hall–Kier alpha value is -3.06. The van der Waals surface area contributed by atoms with Crippen molar-refractivity contribution in [2.24, 2.45) is 68.9 Å². The van der Waals surface area contributed by atoms with E-state index in [0.29, 0.717) is 29.1 Å². The highest BCUT2D eigenvalue weighted by molar-refractivity contribution is 5.67. The molecule has 5 fully saturated rings. The molecule has 12 atom stereocenters. The largest absolute Gasteiger partial charge is 0.305 e. The van der Waals surface area contributed by atoms with Crippen molar-refractivity contribution >= 4 is 17.1 Å². The van der Waals surface area contributed by atoms with Gasteiger partial charge in [0.1, 0.15) is 0 Å². The number of fused-ring (bicyclic) bond motifs is 8. The van der Waals surface area contributed by atoms with Gasteiger partial charge in [0, 0.05) is 22.8 Å². The van der Waals surface area contributed by atoms with Crippen LogP contribution in [0.5, 0.6) is 0 Å². The first-order chi connectivity index (χ1) is 36.6. The van der Waals surface area contributed by atoms with Crippen molar-refractivity contribution in [3.05, 3.63) is 88.0 Å². The molecule has 0 amide bonds. The number of nitrogens with zero attached hydrogens (tertiary/aromatic N) is 3. The molecule has 442 valence electrons. The van der Waals surface area contributed by atoms with Gasteiger partial charge in [-0.05, 0) is 223 Å². The normalized spacial score (nSPS) is 38.6. The number of hydrogen-bond acceptors (Lipinski definition) is 6. The maximum absolute atomic E-state index is 7.50. The van der Waals surface area contributed by atoms with Crippen LogP contribution in [0.4, 0.5) is 17.1 Å². The number of hydrazine groups is 3. The predicted octanol–water partition coefficient (Wildman–Crippen LogP) is 18.1. The summed E-state index contributed by atoms with van der Waals surface area (Å²) in [6, 6.07) is 22.5. The van der Waals surface area contributed by atoms with Gasteiger partial charge in [-0.3, -0.25) is 0 Å². The summed E-state index contributed by atoms with van der Waals surface area (Å²) in [5.74, 6) is 18.9. The van der Waals surface area contributed by atoms with E-state index < -0.39 is 0 Å². The minimum Gasteiger partial charge on any atom is -0.305 e. The summed E-state index contributed by atoms with van der Waals surface area (Å²) in [6.07, 6.45) is 17.7. The van der Waals surface area contributed by atoms with Gasteiger partial charge in [0.05, 0.1) is 33.7 Å². The Bertz CT molecular complexity index is 2910. The van der Waals surface area contributed by atoms with Crippen LogP contribution in [0.2, 0.25) is 0 Å². The molecule has 6 nitrogen and oxygen atoms in total. The van der Waals surface area contributed by atoms with Gasteiger partial charge in [-0.25, -0.2) is 17.1 Å². The van der Waals surface area contributed by atoms with Crippen molar-refractivity contribution in [3.63, 3.8) is 0 Å². The summed E-state index contributed by atoms with van der Waals surface area (Å²) in [5.41, 5.74) is 17.2. The lowest BCUT2D eigenvalue weighted by Crippen LogP contribution is -2.75. The zero-order valence-electron chi connectivity index (χ0n) is 55.3. The molecule has 6 heteroatoms. The summed E-state index contributed by atoms with van der Waals surface area (Å²) in [7, 11) is 0. The highest BCUT2D eigenvalue weighted by atomic mass is 15.6. The lowest BCUT2D eigenvalue weighted by atomic mass is 9.42. The summed E-state index contributed by atoms with van der Waals surface area (Å²) >= 11 is 0. The Morgan fingerprint density at radius 1 is 0.512 bits per heavy atom. The Kier molecular flexibility index (Phi) is 13.2. The fraction of sp³-hybridized carbons (Fsp3) is 0.757. The Morgan fingerprint density at radius 3 is 1.65 bits per heavy atom. The molecule has 80 heavy (non-hydrogen) atoms. The van der Waals surface area contributed by atoms with Gasteiger partial charge in [-0.2, -0.15) is 0 Å². The van der Waals surface area contributed by atoms with E-state index in [0.717, 1.165) is 24.8 Å². The fourth-order valence-corrected chi connectivity index (χ4v) is 21.9. The predicted molar refractivity (Wildman–Crippen MR) is 342 cm³/mol. The van der Waals surface area contributed by atoms with E-state index in [1.807, 2.05) is 0 Å². The molecule has 11 rings (SSSR count). The monoisotopic (exact) mass is 1090 g/mol. The van der Waals surface area contributed by atoms with Crippen LogP contribution in [0.25, 0.3) is 0 Å². The van der Waals surface area contributed by atoms with Crippen molar-refractivity contribution in [1.82, 2.24) is 5.43 Å². The molecule has 5 N–H and O–H groups in total. The van der Waals surface area contributed by atoms with Crippen molar-refractivity contribution in [3.8, 4) is 0 Å². The second-order valence-electron chi connectivity index (χ2n) is 36.1. The fourth-order valence-electron chi connectivity index (χ4n) is 21.9. The third kappa shape index (κ3) is 8.24. The molecule has 0 radical (unpaired) electrons. The number of anilines is 3. The molecule has 0 bridgehead atoms. The third-order valence-electron chi connectivity index (χ3n) is 27.5. The summed E-state index contributed by atoms with van der Waals surface area (Å²) in [6.45, 7) is 56.6. The van der Waals surface area contributed by atoms with E-state index in [1.54, 1.807) is 0 Å². The van der Waals surface area contributed by atoms with Crippen LogP contribution in [0.3, 0.4) is 0 Å². The standard InChI is InChI=1S/C74H116N6/c1-62(2,3)52-27-31-60-56(37-52)68(15,16)72(20)43-50-36-47(40-66(11,12)54-28-30-58-55(39-54)67(13,14)71(19)42-49-32-35-64(7,8)41-51(49)45-73(71,21)79(58)76)24-25-48(50)44-74(72,22)80(60)77-46-69(17)57-38-53(63(4,5)6)26-29-59(57)78(75)70(18)34-23-33-65(9,10)61(69)70/h26-31,37-39,47-51,61,77H,23-25,32-36,40-46,75-76H2,1-22H3. The van der Waals surface area contributed by atoms with E-state index in [4.69, 9.17) is 11.7 Å². The Labute approximate surface area is 489 Å². The van der Waals surface area contributed by atoms with Crippen LogP contribution in [0, 0.1) is 57.2 Å². The second kappa shape index (κ2) is 18.0. The average Bonchev–Trinajstić information content (AvgIpc) is 3.46. The first-order valence-electron chi connectivity index (χ1n) is 32.7. The van der Waals surface area contributed by atoms with Gasteiger partial charge >= 0.3 is 0 Å². The maximum Gasteiger partial charge on any atom is 0.0600 e. The molecule has 3 aromatic carbocycles. The topological polar surface area (TPSA) is 73.8 Å². The molecule has 0 saturated heterocycles. The summed E-state index contributed by atoms with van der Waals surface area (Å²) in [4.78, 5) is 0. The quantitative estimate of drug-likeness (QED) is 0.214. The first-order valence-corrected chi connectivity index (χ1v) is 32.7. The van der Waals surface area contributed by atoms with Gasteiger partial charge < -0.3 is 15.0 Å². The van der Waals surface area contributed by atoms with Crippen LogP contribution < -0.4 is 32.1 Å². The van der Waals surface area contributed by atoms with Gasteiger partial charge in [-0.1, -0.05) is 181 Å². The molecule has 8 aliphatic rings. The van der Waals surface area contributed by atoms with Crippen LogP contribution in [0.15, 0.2) is 54.6 Å². The van der Waals surface area contributed by atoms with Crippen LogP contribution >= 0.6 is 0 Å². The van der Waals surface area contributed by atoms with Crippen molar-refractivity contribution < 1.29 is 0 Å². The molecule has 5 saturated carbocycles. The number of nitrogens with two attached hydrogens (primary N) is 2. The molecule has 3 aromatic rings. The highest BCUT2D eigenvalue weighted by Gasteiger charge is 2.68. The summed E-state index contributed by atoms with van der Waals surface area (Å²) < 4.78 is 0. The Morgan fingerprint density at radius 2 is 1.02 bits per heavy atom. The van der Waals surface area contributed by atoms with E-state index in [9.17, 15) is 0 Å². The number of nitrogens with one attached hydrogen (secondary N) is 1. The first kappa shape index (κ1) is 58.7. The van der Waals surface area contributed by atoms with Crippen LogP contribution in [0.1, 0.15) is 276 Å². The van der Waals surface area contributed by atoms with E-state index in [2.05, 4.69) is 227 Å². The summed E-state index contributed by atoms with van der Waals surface area (Å²) in [5, 5.41) is 7.33. The molecular formula is C74H116N6. The lowest BCUT2D eigenvalue weighted by Gasteiger charge is -2.70. The molecule has 0 aromatic heterocycles. The highest BCUT2D eigenvalue weighted by Crippen LogP contribution is 2.70. The number of benzene rings is 3. The van der Waals surface area contributed by atoms with Crippen molar-refractivity contribution in [2.45, 2.75) is 291 Å². The SMILES string of the molecule is CC1(C)CCC2CC3(C)C(C)(C)c4cc(C(C)(C)CC5CCC6CC7(C)N(NCC8(C)c9cc(C(C)(C)C)ccc9N(N)C9(C)CCCC(C)(C)C89)c8ccc(C(C)(C)C)cc8C(C)(C)C7(C)CC6C5)ccc4N(N)C3(C)CC2C1. The second-order valence-corrected chi connectivity index (χ2v) is 36.1. The molecule has 12 unspecified atom stereocenters. The molecule has 3 heterocycles. The Balaban J connectivity index is 0.911. The van der Waals surface area contributed by atoms with Crippen molar-refractivity contribution in [1.29, 1.82) is 0 Å². The van der Waals surface area contributed by atoms with Crippen LogP contribution in [-0.2, 0) is 32.5 Å². The van der Waals surface area contributed by atoms with E-state index in [-0.39, 0.29) is 65.4 Å². The van der Waals surface area contributed by atoms with Gasteiger partial charge in [0.25, 0.3) is 0 Å². The number of rotatable bonds is 6. The van der Waals surface area contributed by atoms with Gasteiger partial charge in [-0.15, -0.1) is 0 Å². The van der Waals surface area contributed by atoms with E-state index in [1.165, 1.54) is 134 Å². The smallest absolute Gasteiger partial charge is 0.0600 e. The lowest BCUT2D eigenvalue weighted by molar-refractivity contribution is -0.0739. The third-order valence-corrected chi connectivity index (χ3v) is 27.5. The molecule has 0 spiro atoms. The zero-order chi connectivity index (χ0) is 58.6. The number of hydrogen-bond donors (Lipinski definition) is 3. The molecule has 3 aliphatic heterocycles. The molecule has 5 aliphatic carbocycles. The van der Waals surface area contributed by atoms with Crippen molar-refractivity contribution in [2.75, 3.05) is 21.6 Å². The van der Waals surface area contributed by atoms with Gasteiger partial charge in [0.2, 0.25) is 0 Å². The van der Waals surface area contributed by atoms with Gasteiger partial charge in [0.15, 0.2) is 0 Å². The zero-order valence-corrected chi connectivity index (χ0v) is 55.3. The minimum absolute atomic E-state index is 0.00580.